The minimum Gasteiger partial charge on any atom is -0.351 e. The Bertz CT molecular complexity index is 5580. The Morgan fingerprint density at radius 2 is 0.573 bits per heavy atom. The number of rotatable bonds is 13. The molecule has 15 aromatic rings. The number of aryl methyl sites for hydroxylation is 1. The largest absolute Gasteiger partial charge is 0.351 e. The molecule has 131 heavy (non-hydrogen) atoms. The molecule has 4 heteroatoms. The van der Waals surface area contributed by atoms with Crippen LogP contribution in [0, 0.1) is 0 Å². The van der Waals surface area contributed by atoms with Gasteiger partial charge in [0.15, 0.2) is 12.6 Å². The number of carbonyl (C=O) groups is 3. The van der Waals surface area contributed by atoms with Gasteiger partial charge in [-0.1, -0.05) is 517 Å². The number of hydrogen-bond acceptors (Lipinski definition) is 3. The molecule has 17 rings (SSSR count). The predicted molar refractivity (Wildman–Crippen MR) is 586 cm³/mol. The lowest BCUT2D eigenvalue weighted by Crippen LogP contribution is -1.95. The summed E-state index contributed by atoms with van der Waals surface area (Å²) in [6, 6.07) is 106. The molecule has 0 radical (unpaired) electrons. The summed E-state index contributed by atoms with van der Waals surface area (Å²) in [4.78, 5) is 32.1. The van der Waals surface area contributed by atoms with Crippen LogP contribution in [0.2, 0.25) is 0 Å². The van der Waals surface area contributed by atoms with Gasteiger partial charge in [0.25, 0.3) is 0 Å². The molecule has 2 aliphatic carbocycles. The van der Waals surface area contributed by atoms with E-state index in [4.69, 9.17) is 0 Å². The summed E-state index contributed by atoms with van der Waals surface area (Å²) >= 11 is 0. The van der Waals surface area contributed by atoms with Gasteiger partial charge in [-0.3, -0.25) is 14.4 Å². The van der Waals surface area contributed by atoms with Crippen molar-refractivity contribution in [3.63, 3.8) is 0 Å². The number of benzene rings is 14. The van der Waals surface area contributed by atoms with E-state index in [0.717, 1.165) is 59.2 Å². The molecule has 694 valence electrons. The van der Waals surface area contributed by atoms with E-state index in [2.05, 4.69) is 391 Å². The molecule has 1 aromatic heterocycles. The summed E-state index contributed by atoms with van der Waals surface area (Å²) in [5.74, 6) is 5.15. The van der Waals surface area contributed by atoms with E-state index in [1.54, 1.807) is 0 Å². The number of fused-ring (bicyclic) bond motifs is 7. The Balaban J connectivity index is 0.000000376. The lowest BCUT2D eigenvalue weighted by molar-refractivity contribution is 0.111. The van der Waals surface area contributed by atoms with Crippen LogP contribution in [0.5, 0.6) is 0 Å². The van der Waals surface area contributed by atoms with Gasteiger partial charge in [-0.05, 0) is 210 Å². The molecule has 0 saturated carbocycles. The smallest absolute Gasteiger partial charge is 0.150 e. The van der Waals surface area contributed by atoms with E-state index in [1.165, 1.54) is 127 Å². The highest BCUT2D eigenvalue weighted by atomic mass is 16.1. The fraction of sp³-hybridized carbons (Fsp3) is 0.331. The van der Waals surface area contributed by atoms with Gasteiger partial charge in [-0.2, -0.15) is 0 Å². The topological polar surface area (TPSA) is 56.1 Å². The predicted octanol–water partition coefficient (Wildman–Crippen LogP) is 38.7. The number of aromatic nitrogens is 1. The van der Waals surface area contributed by atoms with Gasteiger partial charge < -0.3 is 4.57 Å². The maximum absolute atomic E-state index is 10.9. The maximum Gasteiger partial charge on any atom is 0.150 e. The highest BCUT2D eigenvalue weighted by Gasteiger charge is 2.16. The second-order valence-electron chi connectivity index (χ2n) is 33.9. The molecule has 14 aromatic carbocycles. The fourth-order valence-corrected chi connectivity index (χ4v) is 15.4. The number of allylic oxidation sites excluding steroid dienone is 2. The number of aldehydes is 3. The molecule has 0 atom stereocenters. The van der Waals surface area contributed by atoms with Crippen LogP contribution in [0.3, 0.4) is 0 Å². The van der Waals surface area contributed by atoms with Crippen molar-refractivity contribution in [3.05, 3.63) is 410 Å². The Morgan fingerprint density at radius 1 is 0.260 bits per heavy atom. The second kappa shape index (κ2) is 62.4. The van der Waals surface area contributed by atoms with Gasteiger partial charge in [0.1, 0.15) is 6.29 Å². The lowest BCUT2D eigenvalue weighted by Gasteiger charge is -2.15. The van der Waals surface area contributed by atoms with Gasteiger partial charge in [0.05, 0.1) is 0 Å². The molecular formula is C127H163NO3. The minimum absolute atomic E-state index is 0.482. The van der Waals surface area contributed by atoms with Crippen molar-refractivity contribution < 1.29 is 14.4 Å². The third kappa shape index (κ3) is 34.8. The molecular weight excluding hydrogens is 1590 g/mol. The molecule has 0 spiro atoms. The summed E-state index contributed by atoms with van der Waals surface area (Å²) in [7, 11) is 2.06. The maximum atomic E-state index is 10.9. The molecule has 0 amide bonds. The zero-order chi connectivity index (χ0) is 97.7. The number of nitrogens with zero attached hydrogens (tertiary/aromatic N) is 1. The second-order valence-corrected chi connectivity index (χ2v) is 33.9. The van der Waals surface area contributed by atoms with Crippen LogP contribution in [0.25, 0.3) is 71.7 Å². The van der Waals surface area contributed by atoms with Crippen molar-refractivity contribution in [2.45, 2.75) is 274 Å². The zero-order valence-electron chi connectivity index (χ0n) is 86.2. The summed E-state index contributed by atoms with van der Waals surface area (Å²) in [6.07, 6.45) is 13.6. The average molecular weight is 1750 g/mol. The summed E-state index contributed by atoms with van der Waals surface area (Å²) in [5, 5.41) is 11.5. The van der Waals surface area contributed by atoms with E-state index in [-0.39, 0.29) is 0 Å². The quantitative estimate of drug-likeness (QED) is 0.108. The van der Waals surface area contributed by atoms with E-state index < -0.39 is 0 Å². The van der Waals surface area contributed by atoms with Crippen LogP contribution in [-0.4, -0.2) is 23.4 Å². The van der Waals surface area contributed by atoms with Gasteiger partial charge >= 0.3 is 0 Å². The van der Waals surface area contributed by atoms with Crippen LogP contribution in [0.15, 0.2) is 316 Å². The molecule has 4 nitrogen and oxygen atoms in total. The highest BCUT2D eigenvalue weighted by Crippen LogP contribution is 2.36. The van der Waals surface area contributed by atoms with Crippen LogP contribution >= 0.6 is 0 Å². The minimum atomic E-state index is 0.482. The highest BCUT2D eigenvalue weighted by molar-refractivity contribution is 6.01. The normalized spacial score (nSPS) is 10.8. The van der Waals surface area contributed by atoms with Crippen molar-refractivity contribution in [2.24, 2.45) is 7.05 Å². The molecule has 0 bridgehead atoms. The van der Waals surface area contributed by atoms with E-state index in [0.29, 0.717) is 53.3 Å². The summed E-state index contributed by atoms with van der Waals surface area (Å²) in [6.45, 7) is 63.9. The standard InChI is InChI=1S/2C16H20.C15H12.2C14H14O.C12H18.C10H12O.C9H9N.C9H8.6C2H6/c1-11(2)13-7-5-10-16-14(12(3)4)8-6-9-15(13)16;1-11(2)13-9-10-14(12(3)4)16-8-6-5-7-15(13)16;1-2-6-12(7-3-1)15-10-13-8-4-5-9-14(13)11-15;1-10(2)12-6-4-7-13-11(9-15)5-3-8-14(12)13;1-10(2)12-8-7-11(9-15)13-5-3-4-6-14(12)13;1-9(2)11-5-7-12(8-6-11)10(3)4;1-8(2)10-5-3-9(7-11)4-6-10;1-10-7-6-8-4-2-3-5-9(8)10;1-2-5-9-7-3-6-8(9)4-1;6*1-2/h2*5-12H,1-4H3;1-10H,11H2;2*3-10H,1-2H3;5-10H,1-4H3;3-8H,1-2H3;2-7H,1H3;1-6H,7H2;6*1-2H3. The SMILES string of the molecule is C1=C(c2ccccc2)Cc2ccccc21.C1=Cc2ccccc2C1.CC.CC.CC.CC.CC.CC.CC(C)c1ccc(C(C)C)c2ccccc12.CC(C)c1ccc(C(C)C)cc1.CC(C)c1ccc(C=O)c2ccccc12.CC(C)c1ccc(C=O)cc1.CC(C)c1cccc2c(C(C)C)cccc12.CC(C)c1cccc2c(C=O)cccc12.Cn1ccc2ccccc21. The van der Waals surface area contributed by atoms with E-state index in [1.807, 2.05) is 156 Å². The van der Waals surface area contributed by atoms with Crippen molar-refractivity contribution in [1.29, 1.82) is 0 Å². The Labute approximate surface area is 795 Å². The summed E-state index contributed by atoms with van der Waals surface area (Å²) < 4.78 is 2.12. The third-order valence-corrected chi connectivity index (χ3v) is 22.4. The van der Waals surface area contributed by atoms with Crippen LogP contribution in [0.4, 0.5) is 0 Å². The van der Waals surface area contributed by atoms with Crippen molar-refractivity contribution in [2.75, 3.05) is 0 Å². The molecule has 0 fully saturated rings. The van der Waals surface area contributed by atoms with Crippen molar-refractivity contribution >= 4 is 90.6 Å². The average Bonchev–Trinajstić information content (AvgIpc) is 1.81. The zero-order valence-corrected chi connectivity index (χ0v) is 86.2. The van der Waals surface area contributed by atoms with E-state index in [9.17, 15) is 14.4 Å². The first-order chi connectivity index (χ1) is 63.3. The Morgan fingerprint density at radius 3 is 0.954 bits per heavy atom. The monoisotopic (exact) mass is 1750 g/mol. The van der Waals surface area contributed by atoms with Gasteiger partial charge in [0, 0.05) is 35.5 Å². The lowest BCUT2D eigenvalue weighted by atomic mass is 9.89. The molecule has 1 heterocycles. The van der Waals surface area contributed by atoms with Gasteiger partial charge in [-0.25, -0.2) is 0 Å². The summed E-state index contributed by atoms with van der Waals surface area (Å²) in [5.41, 5.74) is 24.6. The molecule has 0 unspecified atom stereocenters. The molecule has 0 aliphatic heterocycles. The third-order valence-electron chi connectivity index (χ3n) is 22.4. The number of para-hydroxylation sites is 1. The van der Waals surface area contributed by atoms with E-state index >= 15 is 0 Å². The molecule has 0 N–H and O–H groups in total. The van der Waals surface area contributed by atoms with Gasteiger partial charge in [0.2, 0.25) is 0 Å². The van der Waals surface area contributed by atoms with Crippen LogP contribution in [0.1, 0.15) is 370 Å². The first kappa shape index (κ1) is 113. The first-order valence-electron chi connectivity index (χ1n) is 49.0. The van der Waals surface area contributed by atoms with Crippen molar-refractivity contribution in [1.82, 2.24) is 4.57 Å². The molecule has 0 saturated heterocycles. The molecule has 2 aliphatic rings. The number of hydrogen-bond donors (Lipinski definition) is 0. The van der Waals surface area contributed by atoms with Crippen LogP contribution in [-0.2, 0) is 19.9 Å². The van der Waals surface area contributed by atoms with Crippen LogP contribution < -0.4 is 0 Å². The Kier molecular flexibility index (Phi) is 54.0. The van der Waals surface area contributed by atoms with Crippen molar-refractivity contribution in [3.8, 4) is 0 Å². The Hall–Kier alpha value is -11.9. The first-order valence-corrected chi connectivity index (χ1v) is 49.0. The number of carbonyl (C=O) groups excluding carboxylic acids is 3. The van der Waals surface area contributed by atoms with Gasteiger partial charge in [-0.15, -0.1) is 0 Å². The fourth-order valence-electron chi connectivity index (χ4n) is 15.4.